The van der Waals surface area contributed by atoms with E-state index in [2.05, 4.69) is 9.97 Å². The Kier molecular flexibility index (Phi) is 3.33. The van der Waals surface area contributed by atoms with E-state index in [0.29, 0.717) is 11.6 Å². The number of rotatable bonds is 2. The van der Waals surface area contributed by atoms with E-state index < -0.39 is 5.54 Å². The maximum Gasteiger partial charge on any atom is 0.345 e. The molecule has 0 unspecified atom stereocenters. The third-order valence-corrected chi connectivity index (χ3v) is 3.47. The highest BCUT2D eigenvalue weighted by atomic mass is 16.1. The van der Waals surface area contributed by atoms with Gasteiger partial charge in [-0.05, 0) is 38.7 Å². The van der Waals surface area contributed by atoms with Gasteiger partial charge in [-0.1, -0.05) is 19.3 Å². The first-order chi connectivity index (χ1) is 7.97. The molecule has 1 aromatic heterocycles. The van der Waals surface area contributed by atoms with Crippen molar-refractivity contribution < 1.29 is 0 Å². The van der Waals surface area contributed by atoms with Crippen molar-refractivity contribution in [3.05, 3.63) is 27.9 Å². The predicted molar refractivity (Wildman–Crippen MR) is 67.9 cm³/mol. The summed E-state index contributed by atoms with van der Waals surface area (Å²) in [5, 5.41) is 0. The van der Waals surface area contributed by atoms with Gasteiger partial charge in [-0.25, -0.2) is 4.79 Å². The van der Waals surface area contributed by atoms with Gasteiger partial charge in [0.1, 0.15) is 0 Å². The van der Waals surface area contributed by atoms with Crippen molar-refractivity contribution in [1.29, 1.82) is 0 Å². The van der Waals surface area contributed by atoms with E-state index in [1.807, 2.05) is 19.9 Å². The molecule has 3 N–H and O–H groups in total. The number of nitrogens with two attached hydrogens (primary N) is 1. The number of hydrogen-bond donors (Lipinski definition) is 2. The van der Waals surface area contributed by atoms with Gasteiger partial charge in [0.05, 0.1) is 11.2 Å². The largest absolute Gasteiger partial charge is 0.345 e. The smallest absolute Gasteiger partial charge is 0.321 e. The minimum Gasteiger partial charge on any atom is -0.321 e. The van der Waals surface area contributed by atoms with Crippen LogP contribution < -0.4 is 11.4 Å². The second-order valence-electron chi connectivity index (χ2n) is 5.58. The third kappa shape index (κ3) is 2.94. The number of nitrogens with one attached hydrogen (secondary N) is 1. The first-order valence-corrected chi connectivity index (χ1v) is 6.37. The highest BCUT2D eigenvalue weighted by Crippen LogP contribution is 2.31. The monoisotopic (exact) mass is 235 g/mol. The molecule has 0 saturated heterocycles. The van der Waals surface area contributed by atoms with Gasteiger partial charge in [0, 0.05) is 5.69 Å². The molecule has 0 aromatic carbocycles. The summed E-state index contributed by atoms with van der Waals surface area (Å²) in [6.45, 7) is 3.75. The van der Waals surface area contributed by atoms with Crippen LogP contribution in [0, 0.1) is 0 Å². The topological polar surface area (TPSA) is 71.8 Å². The Morgan fingerprint density at radius 2 is 2.00 bits per heavy atom. The number of hydrogen-bond acceptors (Lipinski definition) is 3. The summed E-state index contributed by atoms with van der Waals surface area (Å²) in [5.41, 5.74) is 6.87. The molecule has 94 valence electrons. The minimum atomic E-state index is -0.558. The van der Waals surface area contributed by atoms with Crippen LogP contribution in [-0.4, -0.2) is 9.97 Å². The molecule has 4 heteroatoms. The van der Waals surface area contributed by atoms with E-state index in [4.69, 9.17) is 5.73 Å². The van der Waals surface area contributed by atoms with Crippen molar-refractivity contribution in [2.45, 2.75) is 57.4 Å². The van der Waals surface area contributed by atoms with Gasteiger partial charge in [0.15, 0.2) is 0 Å². The van der Waals surface area contributed by atoms with Crippen molar-refractivity contribution in [2.75, 3.05) is 0 Å². The maximum atomic E-state index is 11.6. The van der Waals surface area contributed by atoms with Gasteiger partial charge in [-0.2, -0.15) is 4.98 Å². The molecule has 1 aliphatic rings. The van der Waals surface area contributed by atoms with Crippen molar-refractivity contribution >= 4 is 0 Å². The summed E-state index contributed by atoms with van der Waals surface area (Å²) in [4.78, 5) is 18.4. The molecule has 0 bridgehead atoms. The lowest BCUT2D eigenvalue weighted by Crippen LogP contribution is -2.33. The first kappa shape index (κ1) is 12.3. The molecule has 1 heterocycles. The number of aromatic amines is 1. The van der Waals surface area contributed by atoms with Crippen LogP contribution >= 0.6 is 0 Å². The molecule has 0 radical (unpaired) electrons. The number of H-pyrrole nitrogens is 1. The zero-order chi connectivity index (χ0) is 12.5. The van der Waals surface area contributed by atoms with Crippen molar-refractivity contribution in [2.24, 2.45) is 5.73 Å². The third-order valence-electron chi connectivity index (χ3n) is 3.47. The fourth-order valence-electron chi connectivity index (χ4n) is 2.44. The Morgan fingerprint density at radius 1 is 1.35 bits per heavy atom. The standard InChI is InChI=1S/C13H21N3O/c1-13(2,14)11-8-10(15-12(17)16-11)9-6-4-3-5-7-9/h8-9H,3-7,14H2,1-2H3,(H,15,16,17). The van der Waals surface area contributed by atoms with Gasteiger partial charge in [0.2, 0.25) is 0 Å². The summed E-state index contributed by atoms with van der Waals surface area (Å²) in [6, 6.07) is 1.97. The first-order valence-electron chi connectivity index (χ1n) is 6.37. The lowest BCUT2D eigenvalue weighted by Gasteiger charge is -2.23. The summed E-state index contributed by atoms with van der Waals surface area (Å²) in [7, 11) is 0. The second-order valence-corrected chi connectivity index (χ2v) is 5.58. The van der Waals surface area contributed by atoms with E-state index in [0.717, 1.165) is 18.5 Å². The molecule has 0 spiro atoms. The summed E-state index contributed by atoms with van der Waals surface area (Å²) >= 11 is 0. The molecule has 0 aliphatic heterocycles. The fraction of sp³-hybridized carbons (Fsp3) is 0.692. The van der Waals surface area contributed by atoms with Crippen LogP contribution in [0.25, 0.3) is 0 Å². The zero-order valence-electron chi connectivity index (χ0n) is 10.6. The Labute approximate surface area is 102 Å². The molecule has 1 aromatic rings. The van der Waals surface area contributed by atoms with Crippen molar-refractivity contribution in [3.63, 3.8) is 0 Å². The molecule has 1 aliphatic carbocycles. The summed E-state index contributed by atoms with van der Waals surface area (Å²) in [6.07, 6.45) is 6.11. The van der Waals surface area contributed by atoms with Crippen LogP contribution in [0.4, 0.5) is 0 Å². The van der Waals surface area contributed by atoms with Crippen LogP contribution in [0.5, 0.6) is 0 Å². The minimum absolute atomic E-state index is 0.276. The van der Waals surface area contributed by atoms with E-state index in [1.165, 1.54) is 19.3 Å². The van der Waals surface area contributed by atoms with Gasteiger partial charge in [-0.3, -0.25) is 0 Å². The molecule has 0 atom stereocenters. The average molecular weight is 235 g/mol. The van der Waals surface area contributed by atoms with Gasteiger partial charge >= 0.3 is 5.69 Å². The van der Waals surface area contributed by atoms with E-state index in [-0.39, 0.29) is 5.69 Å². The predicted octanol–water partition coefficient (Wildman–Crippen LogP) is 2.01. The highest BCUT2D eigenvalue weighted by Gasteiger charge is 2.21. The normalized spacial score (nSPS) is 18.3. The summed E-state index contributed by atoms with van der Waals surface area (Å²) < 4.78 is 0. The van der Waals surface area contributed by atoms with E-state index in [9.17, 15) is 4.79 Å². The zero-order valence-corrected chi connectivity index (χ0v) is 10.6. The van der Waals surface area contributed by atoms with Crippen LogP contribution in [-0.2, 0) is 5.54 Å². The van der Waals surface area contributed by atoms with Crippen LogP contribution in [0.1, 0.15) is 63.3 Å². The second kappa shape index (κ2) is 4.61. The van der Waals surface area contributed by atoms with Crippen LogP contribution in [0.2, 0.25) is 0 Å². The molecular formula is C13H21N3O. The Hall–Kier alpha value is -1.16. The summed E-state index contributed by atoms with van der Waals surface area (Å²) in [5.74, 6) is 0.473. The van der Waals surface area contributed by atoms with Gasteiger partial charge in [0.25, 0.3) is 0 Å². The van der Waals surface area contributed by atoms with E-state index >= 15 is 0 Å². The Bertz CT molecular complexity index is 439. The molecule has 4 nitrogen and oxygen atoms in total. The van der Waals surface area contributed by atoms with Crippen molar-refractivity contribution in [1.82, 2.24) is 9.97 Å². The molecule has 1 saturated carbocycles. The van der Waals surface area contributed by atoms with Crippen molar-refractivity contribution in [3.8, 4) is 0 Å². The van der Waals surface area contributed by atoms with E-state index in [1.54, 1.807) is 0 Å². The molecule has 2 rings (SSSR count). The fourth-order valence-corrected chi connectivity index (χ4v) is 2.44. The average Bonchev–Trinajstić information content (AvgIpc) is 2.28. The number of nitrogens with zero attached hydrogens (tertiary/aromatic N) is 1. The van der Waals surface area contributed by atoms with Crippen LogP contribution in [0.15, 0.2) is 10.9 Å². The Morgan fingerprint density at radius 3 is 2.59 bits per heavy atom. The molecule has 17 heavy (non-hydrogen) atoms. The molecule has 0 amide bonds. The Balaban J connectivity index is 2.34. The SMILES string of the molecule is CC(C)(N)c1cc(C2CCCCC2)[nH]c(=O)n1. The van der Waals surface area contributed by atoms with Crippen LogP contribution in [0.3, 0.4) is 0 Å². The highest BCUT2D eigenvalue weighted by molar-refractivity contribution is 5.18. The molecule has 1 fully saturated rings. The number of aromatic nitrogens is 2. The quantitative estimate of drug-likeness (QED) is 0.823. The lowest BCUT2D eigenvalue weighted by atomic mass is 9.86. The molecular weight excluding hydrogens is 214 g/mol. The lowest BCUT2D eigenvalue weighted by molar-refractivity contribution is 0.432. The maximum absolute atomic E-state index is 11.6. The van der Waals surface area contributed by atoms with Gasteiger partial charge in [-0.15, -0.1) is 0 Å². The van der Waals surface area contributed by atoms with Gasteiger partial charge < -0.3 is 10.7 Å².